The first-order chi connectivity index (χ1) is 7.08. The summed E-state index contributed by atoms with van der Waals surface area (Å²) in [6.07, 6.45) is -2.47. The van der Waals surface area contributed by atoms with Crippen LogP contribution in [0.25, 0.3) is 0 Å². The zero-order valence-electron chi connectivity index (χ0n) is 7.69. The maximum Gasteiger partial charge on any atom is 0.124 e. The molecule has 0 amide bonds. The topological polar surface area (TPSA) is 64.2 Å². The monoisotopic (exact) mass is 229 g/mol. The Morgan fingerprint density at radius 3 is 2.60 bits per heavy atom. The first-order valence-electron chi connectivity index (χ1n) is 4.21. The Morgan fingerprint density at radius 1 is 1.40 bits per heavy atom. The molecule has 0 spiro atoms. The van der Waals surface area contributed by atoms with E-state index >= 15 is 0 Å². The van der Waals surface area contributed by atoms with Crippen molar-refractivity contribution in [2.75, 3.05) is 5.88 Å². The van der Waals surface area contributed by atoms with Crippen LogP contribution in [0.3, 0.4) is 0 Å². The van der Waals surface area contributed by atoms with Crippen LogP contribution in [0.2, 0.25) is 0 Å². The Bertz CT molecular complexity index is 391. The highest BCUT2D eigenvalue weighted by atomic mass is 35.5. The van der Waals surface area contributed by atoms with E-state index in [1.807, 2.05) is 0 Å². The minimum absolute atomic E-state index is 0.0887. The lowest BCUT2D eigenvalue weighted by atomic mass is 10.0. The SMILES string of the molecule is N#Cc1cc(F)cc(C(O)C(O)CCl)c1. The van der Waals surface area contributed by atoms with Gasteiger partial charge in [0.15, 0.2) is 0 Å². The molecule has 0 aliphatic heterocycles. The molecule has 80 valence electrons. The molecule has 1 aromatic carbocycles. The third-order valence-electron chi connectivity index (χ3n) is 1.91. The van der Waals surface area contributed by atoms with Crippen molar-refractivity contribution in [3.63, 3.8) is 0 Å². The molecule has 2 atom stereocenters. The maximum atomic E-state index is 13.0. The third-order valence-corrected chi connectivity index (χ3v) is 2.23. The predicted octanol–water partition coefficient (Wildman–Crippen LogP) is 1.33. The van der Waals surface area contributed by atoms with Gasteiger partial charge in [-0.15, -0.1) is 11.6 Å². The molecule has 2 N–H and O–H groups in total. The Hall–Kier alpha value is -1.15. The van der Waals surface area contributed by atoms with E-state index in [4.69, 9.17) is 16.9 Å². The zero-order valence-corrected chi connectivity index (χ0v) is 8.45. The minimum Gasteiger partial charge on any atom is -0.389 e. The predicted molar refractivity (Wildman–Crippen MR) is 52.8 cm³/mol. The van der Waals surface area contributed by atoms with Crippen molar-refractivity contribution in [3.05, 3.63) is 35.1 Å². The van der Waals surface area contributed by atoms with Crippen LogP contribution < -0.4 is 0 Å². The van der Waals surface area contributed by atoms with Gasteiger partial charge in [0.1, 0.15) is 11.9 Å². The van der Waals surface area contributed by atoms with Crippen molar-refractivity contribution in [1.29, 1.82) is 5.26 Å². The fourth-order valence-corrected chi connectivity index (χ4v) is 1.32. The summed E-state index contributed by atoms with van der Waals surface area (Å²) < 4.78 is 13.0. The second-order valence-electron chi connectivity index (χ2n) is 3.05. The van der Waals surface area contributed by atoms with Gasteiger partial charge in [0.2, 0.25) is 0 Å². The molecule has 2 unspecified atom stereocenters. The molecule has 0 aromatic heterocycles. The number of hydrogen-bond acceptors (Lipinski definition) is 3. The highest BCUT2D eigenvalue weighted by molar-refractivity contribution is 6.18. The quantitative estimate of drug-likeness (QED) is 0.769. The van der Waals surface area contributed by atoms with E-state index in [2.05, 4.69) is 0 Å². The summed E-state index contributed by atoms with van der Waals surface area (Å²) in [4.78, 5) is 0. The summed E-state index contributed by atoms with van der Waals surface area (Å²) in [5.74, 6) is -0.801. The number of halogens is 2. The van der Waals surface area contributed by atoms with Crippen LogP contribution >= 0.6 is 11.6 Å². The smallest absolute Gasteiger partial charge is 0.124 e. The normalized spacial score (nSPS) is 14.3. The second kappa shape index (κ2) is 5.08. The lowest BCUT2D eigenvalue weighted by molar-refractivity contribution is 0.0325. The van der Waals surface area contributed by atoms with Crippen LogP contribution in [0.5, 0.6) is 0 Å². The molecule has 1 aromatic rings. The summed E-state index contributed by atoms with van der Waals surface area (Å²) in [5, 5.41) is 27.3. The van der Waals surface area contributed by atoms with E-state index in [0.717, 1.165) is 12.1 Å². The van der Waals surface area contributed by atoms with Gasteiger partial charge in [-0.1, -0.05) is 0 Å². The van der Waals surface area contributed by atoms with Crippen molar-refractivity contribution in [2.45, 2.75) is 12.2 Å². The van der Waals surface area contributed by atoms with Crippen molar-refractivity contribution < 1.29 is 14.6 Å². The van der Waals surface area contributed by atoms with Gasteiger partial charge >= 0.3 is 0 Å². The fourth-order valence-electron chi connectivity index (χ4n) is 1.15. The Labute approximate surface area is 91.3 Å². The summed E-state index contributed by atoms with van der Waals surface area (Å²) in [6.45, 7) is 0. The first kappa shape index (κ1) is 11.9. The molecule has 0 aliphatic rings. The summed E-state index contributed by atoms with van der Waals surface area (Å²) in [5.41, 5.74) is 0.227. The molecule has 0 heterocycles. The summed E-state index contributed by atoms with van der Waals surface area (Å²) in [6, 6.07) is 5.17. The van der Waals surface area contributed by atoms with E-state index in [1.165, 1.54) is 6.07 Å². The summed E-state index contributed by atoms with van der Waals surface area (Å²) in [7, 11) is 0. The van der Waals surface area contributed by atoms with Gasteiger partial charge in [-0.05, 0) is 23.8 Å². The van der Waals surface area contributed by atoms with Crippen LogP contribution in [0, 0.1) is 17.1 Å². The van der Waals surface area contributed by atoms with Crippen LogP contribution in [0.4, 0.5) is 4.39 Å². The largest absolute Gasteiger partial charge is 0.389 e. The fraction of sp³-hybridized carbons (Fsp3) is 0.300. The van der Waals surface area contributed by atoms with E-state index in [9.17, 15) is 14.6 Å². The minimum atomic E-state index is -1.29. The van der Waals surface area contributed by atoms with E-state index in [0.29, 0.717) is 0 Å². The molecule has 1 rings (SSSR count). The van der Waals surface area contributed by atoms with Crippen molar-refractivity contribution in [2.24, 2.45) is 0 Å². The van der Waals surface area contributed by atoms with Gasteiger partial charge in [-0.3, -0.25) is 0 Å². The third kappa shape index (κ3) is 2.90. The maximum absolute atomic E-state index is 13.0. The van der Waals surface area contributed by atoms with Gasteiger partial charge < -0.3 is 10.2 Å². The molecule has 3 nitrogen and oxygen atoms in total. The van der Waals surface area contributed by atoms with Crippen LogP contribution in [0.1, 0.15) is 17.2 Å². The highest BCUT2D eigenvalue weighted by Gasteiger charge is 2.18. The summed E-state index contributed by atoms with van der Waals surface area (Å²) >= 11 is 5.34. The molecule has 15 heavy (non-hydrogen) atoms. The average molecular weight is 230 g/mol. The number of hydrogen-bond donors (Lipinski definition) is 2. The number of rotatable bonds is 3. The van der Waals surface area contributed by atoms with E-state index in [1.54, 1.807) is 6.07 Å². The Kier molecular flexibility index (Phi) is 4.04. The number of nitrogens with zero attached hydrogens (tertiary/aromatic N) is 1. The molecule has 0 aliphatic carbocycles. The molecule has 0 saturated heterocycles. The molecule has 0 radical (unpaired) electrons. The van der Waals surface area contributed by atoms with Gasteiger partial charge in [-0.2, -0.15) is 5.26 Å². The molecule has 0 bridgehead atoms. The average Bonchev–Trinajstić information content (AvgIpc) is 2.26. The molecule has 0 saturated carbocycles. The number of benzene rings is 1. The number of alkyl halides is 1. The molecule has 5 heteroatoms. The van der Waals surface area contributed by atoms with Crippen LogP contribution in [0.15, 0.2) is 18.2 Å². The van der Waals surface area contributed by atoms with Gasteiger partial charge in [0.25, 0.3) is 0 Å². The first-order valence-corrected chi connectivity index (χ1v) is 4.74. The lowest BCUT2D eigenvalue weighted by Crippen LogP contribution is -2.19. The van der Waals surface area contributed by atoms with Crippen LogP contribution in [-0.4, -0.2) is 22.2 Å². The van der Waals surface area contributed by atoms with Gasteiger partial charge in [-0.25, -0.2) is 4.39 Å². The second-order valence-corrected chi connectivity index (χ2v) is 3.36. The Morgan fingerprint density at radius 2 is 2.07 bits per heavy atom. The number of nitriles is 1. The van der Waals surface area contributed by atoms with Crippen LogP contribution in [-0.2, 0) is 0 Å². The molecular weight excluding hydrogens is 221 g/mol. The van der Waals surface area contributed by atoms with E-state index in [-0.39, 0.29) is 17.0 Å². The zero-order chi connectivity index (χ0) is 11.4. The Balaban J connectivity index is 3.04. The number of aliphatic hydroxyl groups excluding tert-OH is 2. The number of aliphatic hydroxyl groups is 2. The lowest BCUT2D eigenvalue weighted by Gasteiger charge is -2.15. The van der Waals surface area contributed by atoms with Crippen molar-refractivity contribution in [3.8, 4) is 6.07 Å². The highest BCUT2D eigenvalue weighted by Crippen LogP contribution is 2.20. The van der Waals surface area contributed by atoms with Crippen molar-refractivity contribution in [1.82, 2.24) is 0 Å². The molecule has 0 fully saturated rings. The molecular formula is C10H9ClFNO2. The van der Waals surface area contributed by atoms with Gasteiger partial charge in [0, 0.05) is 0 Å². The van der Waals surface area contributed by atoms with E-state index < -0.39 is 18.0 Å². The standard InChI is InChI=1S/C10H9ClFNO2/c11-4-9(14)10(15)7-1-6(5-13)2-8(12)3-7/h1-3,9-10,14-15H,4H2. The van der Waals surface area contributed by atoms with Gasteiger partial charge in [0.05, 0.1) is 23.6 Å². The van der Waals surface area contributed by atoms with Crippen molar-refractivity contribution >= 4 is 11.6 Å².